The number of hydrogen-bond donors (Lipinski definition) is 0. The maximum Gasteiger partial charge on any atom is 0.152 e. The molecule has 4 heterocycles. The van der Waals surface area contributed by atoms with Gasteiger partial charge in [-0.25, -0.2) is 4.98 Å². The van der Waals surface area contributed by atoms with Crippen LogP contribution in [-0.4, -0.2) is 22.8 Å². The van der Waals surface area contributed by atoms with Crippen LogP contribution >= 0.6 is 11.8 Å². The maximum absolute atomic E-state index is 9.95. The summed E-state index contributed by atoms with van der Waals surface area (Å²) in [5.74, 6) is 2.54. The molecule has 0 N–H and O–H groups in total. The zero-order valence-electron chi connectivity index (χ0n) is 14.8. The molecule has 2 aliphatic rings. The molecule has 4 rings (SSSR count). The molecule has 1 saturated heterocycles. The lowest BCUT2D eigenvalue weighted by atomic mass is 9.91. The molecule has 0 atom stereocenters. The molecule has 0 unspecified atom stereocenters. The topological polar surface area (TPSA) is 53.1 Å². The molecule has 0 spiro atoms. The summed E-state index contributed by atoms with van der Waals surface area (Å²) in [6.07, 6.45) is 6.19. The Bertz CT molecular complexity index is 814. The van der Waals surface area contributed by atoms with Crippen molar-refractivity contribution in [3.05, 3.63) is 35.1 Å². The summed E-state index contributed by atoms with van der Waals surface area (Å²) in [5.41, 5.74) is 4.05. The van der Waals surface area contributed by atoms with Crippen molar-refractivity contribution in [2.75, 3.05) is 18.0 Å². The van der Waals surface area contributed by atoms with E-state index in [4.69, 9.17) is 9.40 Å². The fraction of sp³-hybridized carbons (Fsp3) is 0.500. The summed E-state index contributed by atoms with van der Waals surface area (Å²) in [4.78, 5) is 7.26. The van der Waals surface area contributed by atoms with Gasteiger partial charge in [0, 0.05) is 23.6 Å². The number of pyridine rings is 1. The van der Waals surface area contributed by atoms with Gasteiger partial charge in [-0.15, -0.1) is 0 Å². The first kappa shape index (κ1) is 16.5. The fourth-order valence-corrected chi connectivity index (χ4v) is 4.91. The Balaban J connectivity index is 1.92. The summed E-state index contributed by atoms with van der Waals surface area (Å²) >= 11 is 1.93. The van der Waals surface area contributed by atoms with Crippen LogP contribution in [-0.2, 0) is 12.2 Å². The predicted octanol–water partition coefficient (Wildman–Crippen LogP) is 4.77. The van der Waals surface area contributed by atoms with Crippen molar-refractivity contribution < 1.29 is 4.42 Å². The van der Waals surface area contributed by atoms with Crippen molar-refractivity contribution in [1.82, 2.24) is 4.98 Å². The third-order valence-electron chi connectivity index (χ3n) is 5.12. The smallest absolute Gasteiger partial charge is 0.152 e. The minimum Gasteiger partial charge on any atom is -0.463 e. The van der Waals surface area contributed by atoms with Crippen LogP contribution in [0.1, 0.15) is 49.8 Å². The summed E-state index contributed by atoms with van der Waals surface area (Å²) in [6.45, 7) is 6.48. The molecule has 25 heavy (non-hydrogen) atoms. The van der Waals surface area contributed by atoms with Gasteiger partial charge in [-0.05, 0) is 48.9 Å². The van der Waals surface area contributed by atoms with Crippen LogP contribution in [0.5, 0.6) is 0 Å². The van der Waals surface area contributed by atoms with Gasteiger partial charge in [0.1, 0.15) is 17.6 Å². The molecule has 0 amide bonds. The van der Waals surface area contributed by atoms with E-state index in [-0.39, 0.29) is 4.75 Å². The average Bonchev–Trinajstić information content (AvgIpc) is 3.14. The lowest BCUT2D eigenvalue weighted by molar-refractivity contribution is 0.567. The second-order valence-electron chi connectivity index (χ2n) is 7.48. The first-order valence-electron chi connectivity index (χ1n) is 8.98. The van der Waals surface area contributed by atoms with E-state index in [2.05, 4.69) is 24.8 Å². The highest BCUT2D eigenvalue weighted by atomic mass is 32.2. The van der Waals surface area contributed by atoms with Crippen LogP contribution in [0, 0.1) is 11.3 Å². The number of rotatable bonds is 2. The highest BCUT2D eigenvalue weighted by molar-refractivity contribution is 7.99. The van der Waals surface area contributed by atoms with E-state index in [9.17, 15) is 5.26 Å². The Morgan fingerprint density at radius 3 is 2.72 bits per heavy atom. The summed E-state index contributed by atoms with van der Waals surface area (Å²) in [7, 11) is 0. The molecule has 5 heteroatoms. The highest BCUT2D eigenvalue weighted by Crippen LogP contribution is 2.44. The fourth-order valence-electron chi connectivity index (χ4n) is 3.82. The lowest BCUT2D eigenvalue weighted by Crippen LogP contribution is -2.33. The standard InChI is InChI=1S/C20H23N3OS/c1-20(2)11-14-15(12-21)19(23-8-4-3-5-9-23)22-18(16(14)13-25-20)17-7-6-10-24-17/h6-7,10H,3-5,8-9,11,13H2,1-2H3. The summed E-state index contributed by atoms with van der Waals surface area (Å²) in [5, 5.41) is 9.95. The Morgan fingerprint density at radius 2 is 2.04 bits per heavy atom. The second kappa shape index (κ2) is 6.42. The van der Waals surface area contributed by atoms with Crippen molar-refractivity contribution in [3.63, 3.8) is 0 Å². The van der Waals surface area contributed by atoms with E-state index < -0.39 is 0 Å². The van der Waals surface area contributed by atoms with Crippen LogP contribution in [0.25, 0.3) is 11.5 Å². The van der Waals surface area contributed by atoms with Crippen molar-refractivity contribution >= 4 is 17.6 Å². The number of fused-ring (bicyclic) bond motifs is 1. The van der Waals surface area contributed by atoms with Gasteiger partial charge in [-0.1, -0.05) is 13.8 Å². The van der Waals surface area contributed by atoms with E-state index in [1.165, 1.54) is 30.4 Å². The SMILES string of the molecule is CC1(C)Cc2c(C#N)c(N3CCCCC3)nc(-c3ccco3)c2CS1. The number of hydrogen-bond acceptors (Lipinski definition) is 5. The summed E-state index contributed by atoms with van der Waals surface area (Å²) < 4.78 is 5.82. The van der Waals surface area contributed by atoms with Crippen molar-refractivity contribution in [3.8, 4) is 17.5 Å². The van der Waals surface area contributed by atoms with Crippen LogP contribution < -0.4 is 4.90 Å². The molecule has 1 fully saturated rings. The van der Waals surface area contributed by atoms with Crippen molar-refractivity contribution in [2.45, 2.75) is 50.0 Å². The predicted molar refractivity (Wildman–Crippen MR) is 102 cm³/mol. The first-order chi connectivity index (χ1) is 12.1. The van der Waals surface area contributed by atoms with E-state index in [1.807, 2.05) is 23.9 Å². The van der Waals surface area contributed by atoms with Crippen LogP contribution in [0.3, 0.4) is 0 Å². The van der Waals surface area contributed by atoms with E-state index in [0.29, 0.717) is 0 Å². The molecule has 0 aliphatic carbocycles. The lowest BCUT2D eigenvalue weighted by Gasteiger charge is -2.35. The normalized spacial score (nSPS) is 19.3. The number of thioether (sulfide) groups is 1. The Labute approximate surface area is 153 Å². The van der Waals surface area contributed by atoms with Gasteiger partial charge in [0.05, 0.1) is 11.8 Å². The number of anilines is 1. The van der Waals surface area contributed by atoms with E-state index in [1.54, 1.807) is 6.26 Å². The molecule has 0 radical (unpaired) electrons. The number of piperidine rings is 1. The van der Waals surface area contributed by atoms with Crippen LogP contribution in [0.4, 0.5) is 5.82 Å². The van der Waals surface area contributed by atoms with Crippen molar-refractivity contribution in [1.29, 1.82) is 5.26 Å². The third-order valence-corrected chi connectivity index (χ3v) is 6.48. The molecule has 0 saturated carbocycles. The first-order valence-corrected chi connectivity index (χ1v) is 9.96. The molecule has 2 aliphatic heterocycles. The van der Waals surface area contributed by atoms with E-state index in [0.717, 1.165) is 48.1 Å². The summed E-state index contributed by atoms with van der Waals surface area (Å²) in [6, 6.07) is 6.36. The molecular formula is C20H23N3OS. The third kappa shape index (κ3) is 3.04. The quantitative estimate of drug-likeness (QED) is 0.778. The van der Waals surface area contributed by atoms with Gasteiger partial charge in [0.25, 0.3) is 0 Å². The monoisotopic (exact) mass is 353 g/mol. The Morgan fingerprint density at radius 1 is 1.24 bits per heavy atom. The number of nitriles is 1. The molecule has 2 aromatic rings. The molecule has 2 aromatic heterocycles. The van der Waals surface area contributed by atoms with Gasteiger partial charge in [-0.3, -0.25) is 0 Å². The van der Waals surface area contributed by atoms with Crippen LogP contribution in [0.2, 0.25) is 0 Å². The molecular weight excluding hydrogens is 330 g/mol. The Kier molecular flexibility index (Phi) is 4.24. The molecule has 0 bridgehead atoms. The van der Waals surface area contributed by atoms with Gasteiger partial charge in [-0.2, -0.15) is 17.0 Å². The average molecular weight is 353 g/mol. The van der Waals surface area contributed by atoms with Gasteiger partial charge in [0.15, 0.2) is 5.76 Å². The molecule has 0 aromatic carbocycles. The van der Waals surface area contributed by atoms with Gasteiger partial charge < -0.3 is 9.32 Å². The maximum atomic E-state index is 9.95. The van der Waals surface area contributed by atoms with Crippen LogP contribution in [0.15, 0.2) is 22.8 Å². The Hall–Kier alpha value is -1.93. The zero-order valence-corrected chi connectivity index (χ0v) is 15.7. The molecule has 4 nitrogen and oxygen atoms in total. The second-order valence-corrected chi connectivity index (χ2v) is 9.16. The molecule has 130 valence electrons. The minimum atomic E-state index is 0.138. The largest absolute Gasteiger partial charge is 0.463 e. The number of nitrogens with zero attached hydrogens (tertiary/aromatic N) is 3. The number of furan rings is 1. The van der Waals surface area contributed by atoms with Crippen molar-refractivity contribution in [2.24, 2.45) is 0 Å². The minimum absolute atomic E-state index is 0.138. The number of aromatic nitrogens is 1. The van der Waals surface area contributed by atoms with E-state index >= 15 is 0 Å². The van der Waals surface area contributed by atoms with Gasteiger partial charge in [0.2, 0.25) is 0 Å². The van der Waals surface area contributed by atoms with Gasteiger partial charge >= 0.3 is 0 Å². The zero-order chi connectivity index (χ0) is 17.4. The highest BCUT2D eigenvalue weighted by Gasteiger charge is 2.33.